The highest BCUT2D eigenvalue weighted by atomic mass is 32.2. The van der Waals surface area contributed by atoms with E-state index >= 15 is 0 Å². The Morgan fingerprint density at radius 2 is 2.07 bits per heavy atom. The maximum Gasteiger partial charge on any atom is 0.353 e. The summed E-state index contributed by atoms with van der Waals surface area (Å²) < 4.78 is 5.69. The van der Waals surface area contributed by atoms with Crippen LogP contribution in [0.15, 0.2) is 10.6 Å². The number of aliphatic hydroxyl groups is 1. The monoisotopic (exact) mass is 441 g/mol. The molecule has 9 nitrogen and oxygen atoms in total. The molecule has 3 rings (SSSR count). The van der Waals surface area contributed by atoms with Crippen molar-refractivity contribution in [2.24, 2.45) is 23.5 Å². The first-order chi connectivity index (χ1) is 14.1. The fraction of sp³-hybridized carbons (Fsp3) is 0.750. The third kappa shape index (κ3) is 3.86. The lowest BCUT2D eigenvalue weighted by Gasteiger charge is -2.46. The molecule has 0 unspecified atom stereocenters. The summed E-state index contributed by atoms with van der Waals surface area (Å²) in [4.78, 5) is 38.8. The summed E-state index contributed by atoms with van der Waals surface area (Å²) in [6.07, 6.45) is -0.0100. The summed E-state index contributed by atoms with van der Waals surface area (Å²) in [6, 6.07) is -1.00. The topological polar surface area (TPSA) is 142 Å². The van der Waals surface area contributed by atoms with Crippen LogP contribution in [0.4, 0.5) is 0 Å². The van der Waals surface area contributed by atoms with Crippen LogP contribution in [-0.4, -0.2) is 69.2 Å². The summed E-state index contributed by atoms with van der Waals surface area (Å²) in [5, 5.41) is 22.4. The first kappa shape index (κ1) is 23.1. The van der Waals surface area contributed by atoms with Crippen molar-refractivity contribution in [2.45, 2.75) is 70.2 Å². The van der Waals surface area contributed by atoms with Gasteiger partial charge in [0.2, 0.25) is 11.8 Å². The second-order valence-electron chi connectivity index (χ2n) is 8.43. The SMILES string of the molecule is CC[C@H](C)[C@H](N)C(=O)N[C@@H]1OCC[C@H]1SC1=C(C(=O)O)N2C(=O)[C@H]([C@@H](C)O)[C@H]2[C@H]1C. The van der Waals surface area contributed by atoms with Crippen molar-refractivity contribution < 1.29 is 29.3 Å². The number of nitrogens with one attached hydrogen (secondary N) is 1. The normalized spacial score (nSPS) is 33.7. The van der Waals surface area contributed by atoms with Crippen LogP contribution in [0.25, 0.3) is 0 Å². The molecule has 0 aliphatic carbocycles. The molecule has 3 heterocycles. The van der Waals surface area contributed by atoms with E-state index in [2.05, 4.69) is 5.32 Å². The Bertz CT molecular complexity index is 757. The van der Waals surface area contributed by atoms with Gasteiger partial charge in [-0.2, -0.15) is 0 Å². The predicted molar refractivity (Wildman–Crippen MR) is 111 cm³/mol. The lowest BCUT2D eigenvalue weighted by atomic mass is 9.79. The van der Waals surface area contributed by atoms with E-state index in [9.17, 15) is 24.6 Å². The summed E-state index contributed by atoms with van der Waals surface area (Å²) in [5.74, 6) is -2.61. The molecular formula is C20H31N3O6S. The first-order valence-corrected chi connectivity index (χ1v) is 11.3. The van der Waals surface area contributed by atoms with Crippen molar-refractivity contribution in [3.05, 3.63) is 10.6 Å². The van der Waals surface area contributed by atoms with Gasteiger partial charge in [0.25, 0.3) is 0 Å². The quantitative estimate of drug-likeness (QED) is 0.398. The predicted octanol–water partition coefficient (Wildman–Crippen LogP) is 0.478. The van der Waals surface area contributed by atoms with Crippen LogP contribution in [0.3, 0.4) is 0 Å². The van der Waals surface area contributed by atoms with E-state index in [1.165, 1.54) is 16.7 Å². The molecule has 30 heavy (non-hydrogen) atoms. The molecular weight excluding hydrogens is 410 g/mol. The lowest BCUT2D eigenvalue weighted by Crippen LogP contribution is -2.63. The number of fused-ring (bicyclic) bond motifs is 1. The van der Waals surface area contributed by atoms with E-state index in [0.29, 0.717) is 17.9 Å². The minimum absolute atomic E-state index is 0.0207. The van der Waals surface area contributed by atoms with E-state index in [1.54, 1.807) is 6.92 Å². The van der Waals surface area contributed by atoms with Gasteiger partial charge >= 0.3 is 5.97 Å². The van der Waals surface area contributed by atoms with E-state index < -0.39 is 30.3 Å². The van der Waals surface area contributed by atoms with E-state index in [4.69, 9.17) is 10.5 Å². The number of carboxylic acids is 1. The number of nitrogens with two attached hydrogens (primary N) is 1. The number of carbonyl (C=O) groups is 3. The Hall–Kier alpha value is -1.62. The van der Waals surface area contributed by atoms with E-state index in [1.807, 2.05) is 20.8 Å². The average Bonchev–Trinajstić information content (AvgIpc) is 3.21. The summed E-state index contributed by atoms with van der Waals surface area (Å²) >= 11 is 1.34. The molecule has 5 N–H and O–H groups in total. The number of ether oxygens (including phenoxy) is 1. The number of rotatable bonds is 8. The van der Waals surface area contributed by atoms with Gasteiger partial charge in [-0.05, 0) is 19.3 Å². The minimum atomic E-state index is -1.16. The summed E-state index contributed by atoms with van der Waals surface area (Å²) in [5.41, 5.74) is 6.00. The molecule has 2 fully saturated rings. The molecule has 0 radical (unpaired) electrons. The molecule has 3 aliphatic heterocycles. The maximum atomic E-state index is 12.5. The largest absolute Gasteiger partial charge is 0.477 e. The number of hydrogen-bond acceptors (Lipinski definition) is 7. The number of aliphatic carboxylic acids is 1. The second-order valence-corrected chi connectivity index (χ2v) is 9.71. The van der Waals surface area contributed by atoms with E-state index in [-0.39, 0.29) is 40.6 Å². The number of β-lactam (4-membered cyclic amide) rings is 1. The van der Waals surface area contributed by atoms with Gasteiger partial charge in [-0.1, -0.05) is 27.2 Å². The second kappa shape index (κ2) is 8.86. The number of nitrogens with zero attached hydrogens (tertiary/aromatic N) is 1. The smallest absolute Gasteiger partial charge is 0.353 e. The molecule has 2 amide bonds. The first-order valence-electron chi connectivity index (χ1n) is 10.4. The van der Waals surface area contributed by atoms with Crippen LogP contribution in [0, 0.1) is 17.8 Å². The van der Waals surface area contributed by atoms with Crippen molar-refractivity contribution in [2.75, 3.05) is 6.61 Å². The number of hydrogen-bond donors (Lipinski definition) is 4. The molecule has 10 heteroatoms. The average molecular weight is 442 g/mol. The van der Waals surface area contributed by atoms with Crippen molar-refractivity contribution in [3.63, 3.8) is 0 Å². The molecule has 0 aromatic carbocycles. The third-order valence-corrected chi connectivity index (χ3v) is 8.08. The highest BCUT2D eigenvalue weighted by Crippen LogP contribution is 2.52. The zero-order valence-electron chi connectivity index (χ0n) is 17.7. The Morgan fingerprint density at radius 3 is 2.63 bits per heavy atom. The third-order valence-electron chi connectivity index (χ3n) is 6.47. The van der Waals surface area contributed by atoms with Gasteiger partial charge in [0, 0.05) is 10.8 Å². The van der Waals surface area contributed by atoms with Gasteiger partial charge in [0.1, 0.15) is 11.9 Å². The summed E-state index contributed by atoms with van der Waals surface area (Å²) in [6.45, 7) is 7.74. The van der Waals surface area contributed by atoms with Gasteiger partial charge < -0.3 is 30.9 Å². The van der Waals surface area contributed by atoms with Crippen molar-refractivity contribution in [3.8, 4) is 0 Å². The number of carbonyl (C=O) groups excluding carboxylic acids is 2. The Balaban J connectivity index is 1.76. The molecule has 2 saturated heterocycles. The molecule has 0 aromatic rings. The molecule has 0 bridgehead atoms. The van der Waals surface area contributed by atoms with Crippen LogP contribution in [0.1, 0.15) is 40.5 Å². The Morgan fingerprint density at radius 1 is 1.40 bits per heavy atom. The van der Waals surface area contributed by atoms with Gasteiger partial charge in [-0.25, -0.2) is 4.79 Å². The van der Waals surface area contributed by atoms with Crippen LogP contribution >= 0.6 is 11.8 Å². The molecule has 3 aliphatic rings. The number of carboxylic acid groups (broad SMARTS) is 1. The van der Waals surface area contributed by atoms with Crippen molar-refractivity contribution in [1.82, 2.24) is 10.2 Å². The Labute approximate surface area is 180 Å². The molecule has 0 saturated carbocycles. The molecule has 168 valence electrons. The zero-order chi connectivity index (χ0) is 22.3. The number of amides is 2. The fourth-order valence-electron chi connectivity index (χ4n) is 4.42. The minimum Gasteiger partial charge on any atom is -0.477 e. The highest BCUT2D eigenvalue weighted by Gasteiger charge is 2.60. The molecule has 0 spiro atoms. The van der Waals surface area contributed by atoms with Crippen molar-refractivity contribution in [1.29, 1.82) is 0 Å². The maximum absolute atomic E-state index is 12.5. The highest BCUT2D eigenvalue weighted by molar-refractivity contribution is 8.03. The van der Waals surface area contributed by atoms with Crippen LogP contribution < -0.4 is 11.1 Å². The van der Waals surface area contributed by atoms with Gasteiger partial charge in [0.05, 0.1) is 36.0 Å². The van der Waals surface area contributed by atoms with Gasteiger partial charge in [-0.15, -0.1) is 11.8 Å². The number of aliphatic hydroxyl groups excluding tert-OH is 1. The fourth-order valence-corrected chi connectivity index (χ4v) is 5.88. The number of thioether (sulfide) groups is 1. The summed E-state index contributed by atoms with van der Waals surface area (Å²) in [7, 11) is 0. The standard InChI is InChI=1S/C20H31N3O6S/c1-5-8(2)13(21)17(25)22-18-11(6-7-29-18)30-16-9(3)14-12(10(4)24)19(26)23(14)15(16)20(27)28/h8-14,18,24H,5-7,21H2,1-4H3,(H,22,25)(H,27,28)/t8-,9+,10+,11+,12+,13-,14+,18+/m0/s1. The molecule has 0 aromatic heterocycles. The van der Waals surface area contributed by atoms with Crippen molar-refractivity contribution >= 4 is 29.5 Å². The van der Waals surface area contributed by atoms with Crippen LogP contribution in [0.5, 0.6) is 0 Å². The van der Waals surface area contributed by atoms with Crippen LogP contribution in [0.2, 0.25) is 0 Å². The van der Waals surface area contributed by atoms with Crippen LogP contribution in [-0.2, 0) is 19.1 Å². The van der Waals surface area contributed by atoms with E-state index in [0.717, 1.165) is 6.42 Å². The Kier molecular flexibility index (Phi) is 6.81. The molecule has 8 atom stereocenters. The van der Waals surface area contributed by atoms with Gasteiger partial charge in [0.15, 0.2) is 0 Å². The van der Waals surface area contributed by atoms with Gasteiger partial charge in [-0.3, -0.25) is 9.59 Å². The lowest BCUT2D eigenvalue weighted by molar-refractivity contribution is -0.163. The zero-order valence-corrected chi connectivity index (χ0v) is 18.5.